The first-order valence-electron chi connectivity index (χ1n) is 0. The van der Waals surface area contributed by atoms with Gasteiger partial charge >= 0.3 is 1480 Å². The largest absolute Gasteiger partial charge is 1.00 e. The summed E-state index contributed by atoms with van der Waals surface area (Å²) in [5, 5.41) is 0. The first kappa shape index (κ1) is 2070. The van der Waals surface area contributed by atoms with Crippen LogP contribution in [0, 0.1) is 0 Å². The molecule has 0 fully saturated rings. The summed E-state index contributed by atoms with van der Waals surface area (Å²) in [7, 11) is 0. The van der Waals surface area contributed by atoms with Gasteiger partial charge in [0, 0.05) is 0 Å². The van der Waals surface area contributed by atoms with Crippen LogP contribution in [0.15, 0.2) is 0 Å². The molecule has 0 aromatic rings. The molecule has 0 aromatic heterocycles. The molecule has 70 nitrogen and oxygen atoms in total. The Hall–Kier alpha value is 47.2. The fraction of sp³-hybridized carbons (Fsp3) is 0. The first-order valence-corrected chi connectivity index (χ1v) is 0. The third-order valence-electron chi connectivity index (χ3n) is 0. The molecule has 560 valence electrons. The molecule has 0 atom stereocenters. The number of rotatable bonds is 0. The topological polar surface area (TPSA) is 2130 Å². The molecule has 0 amide bonds. The molecule has 0 bridgehead atoms. The monoisotopic (exact) mass is 2360 g/mol. The van der Waals surface area contributed by atoms with Crippen LogP contribution in [-0.4, -0.2) is 383 Å². The first-order chi connectivity index (χ1) is 0. The Bertz CT molecular complexity index is 118. The fourth-order valence-electron chi connectivity index (χ4n) is 0. The zero-order valence-corrected chi connectivity index (χ0v) is 182. The van der Waals surface area contributed by atoms with Gasteiger partial charge in [-0.25, -0.2) is 0 Å². The van der Waals surface area contributed by atoms with E-state index in [1.165, 1.54) is 0 Å². The van der Waals surface area contributed by atoms with E-state index >= 15 is 0 Å². The summed E-state index contributed by atoms with van der Waals surface area (Å²) in [5.74, 6) is 0. The maximum absolute atomic E-state index is 0. The van der Waals surface area contributed by atoms with Crippen molar-refractivity contribution in [2.45, 2.75) is 0 Å². The molecule has 0 saturated carbocycles. The van der Waals surface area contributed by atoms with Crippen LogP contribution < -0.4 is 1480 Å². The molecular weight excluding hydrogens is 2270 g/mol. The maximum atomic E-state index is 0. The van der Waals surface area contributed by atoms with Crippen LogP contribution in [0.1, 0.15) is 0 Å². The van der Waals surface area contributed by atoms with Crippen molar-refractivity contribution in [1.29, 1.82) is 0 Å². The van der Waals surface area contributed by atoms with Crippen molar-refractivity contribution in [1.82, 2.24) is 0 Å². The summed E-state index contributed by atoms with van der Waals surface area (Å²) in [6, 6.07) is 0. The van der Waals surface area contributed by atoms with E-state index in [4.69, 9.17) is 0 Å². The molecule has 0 aliphatic carbocycles. The predicted octanol–water partition coefficient (Wildman–Crippen LogP) is -175. The van der Waals surface area contributed by atoms with E-state index in [1.807, 2.05) is 0 Å². The standard InChI is InChI=1S/50Na.70H2O/h;;;;;;;;;;;;;;;;;;;;;;;;;;;;;;;;;;;;;;;;;;;;;;;;;;70*1H2/q50*+1;;;;;;;;;;;;;;;;;;;;;;;;;;;;;;;;;;;;;;;;;;;;;;;;;;;;;;;;;;;;;;;;;;;;;;/p-50. The van der Waals surface area contributed by atoms with Gasteiger partial charge in [-0.2, -0.15) is 0 Å². The smallest absolute Gasteiger partial charge is 0.870 e. The Labute approximate surface area is 1810 Å². The average molecular weight is 2360 g/mol. The molecule has 0 radical (unpaired) electrons. The Balaban J connectivity index is 0. The average Bonchev–Trinajstić information content (AvgIpc) is 0. The Morgan fingerprint density at radius 2 is 0.0250 bits per heavy atom. The van der Waals surface area contributed by atoms with Gasteiger partial charge in [0.25, 0.3) is 0 Å². The molecule has 90 N–H and O–H groups in total. The van der Waals surface area contributed by atoms with Crippen molar-refractivity contribution in [2.24, 2.45) is 0 Å². The fourth-order valence-corrected chi connectivity index (χ4v) is 0. The van der Waals surface area contributed by atoms with Gasteiger partial charge < -0.3 is 383 Å². The van der Waals surface area contributed by atoms with E-state index in [9.17, 15) is 0 Å². The third-order valence-corrected chi connectivity index (χ3v) is 0. The van der Waals surface area contributed by atoms with Gasteiger partial charge in [0.15, 0.2) is 0 Å². The van der Waals surface area contributed by atoms with Crippen molar-refractivity contribution < 1.29 is 1860 Å². The summed E-state index contributed by atoms with van der Waals surface area (Å²) in [5.41, 5.74) is 0. The van der Waals surface area contributed by atoms with Crippen LogP contribution in [0.5, 0.6) is 0 Å². The van der Waals surface area contributed by atoms with Crippen LogP contribution in [-0.2, 0) is 0 Å². The second kappa shape index (κ2) is 2040. The Kier molecular flexibility index (Phi) is 35200. The van der Waals surface area contributed by atoms with Crippen molar-refractivity contribution in [3.8, 4) is 0 Å². The van der Waals surface area contributed by atoms with Gasteiger partial charge in [-0.15, -0.1) is 0 Å². The van der Waals surface area contributed by atoms with Gasteiger partial charge in [-0.05, 0) is 0 Å². The van der Waals surface area contributed by atoms with Crippen LogP contribution in [0.3, 0.4) is 0 Å². The molecule has 0 unspecified atom stereocenters. The third kappa shape index (κ3) is 2000. The molecule has 0 aromatic carbocycles. The van der Waals surface area contributed by atoms with E-state index in [-0.39, 0.29) is 1860 Å². The summed E-state index contributed by atoms with van der Waals surface area (Å²) >= 11 is 0. The molecule has 0 rings (SSSR count). The summed E-state index contributed by atoms with van der Waals surface area (Å²) in [6.45, 7) is 0. The van der Waals surface area contributed by atoms with Crippen molar-refractivity contribution >= 4 is 0 Å². The molecule has 0 heterocycles. The quantitative estimate of drug-likeness (QED) is 0.203. The number of hydrogen-bond acceptors (Lipinski definition) is 50. The summed E-state index contributed by atoms with van der Waals surface area (Å²) in [6.07, 6.45) is 0. The van der Waals surface area contributed by atoms with Crippen LogP contribution in [0.4, 0.5) is 0 Å². The van der Waals surface area contributed by atoms with Crippen molar-refractivity contribution in [3.63, 3.8) is 0 Å². The second-order valence-corrected chi connectivity index (χ2v) is 0. The van der Waals surface area contributed by atoms with Crippen LogP contribution in [0.25, 0.3) is 0 Å². The predicted molar refractivity (Wildman–Crippen MR) is 169 cm³/mol. The van der Waals surface area contributed by atoms with E-state index in [1.54, 1.807) is 0 Å². The molecular formula is H90Na50O70. The molecule has 120 heavy (non-hydrogen) atoms. The normalized spacial score (nSPS) is 0. The van der Waals surface area contributed by atoms with Crippen molar-refractivity contribution in [3.05, 3.63) is 0 Å². The summed E-state index contributed by atoms with van der Waals surface area (Å²) in [4.78, 5) is 0. The SMILES string of the molecule is O.O.O.O.O.O.O.O.O.O.O.O.O.O.O.O.O.O.O.O.[Na+].[Na+].[Na+].[Na+].[Na+].[Na+].[Na+].[Na+].[Na+].[Na+].[Na+].[Na+].[Na+].[Na+].[Na+].[Na+].[Na+].[Na+].[Na+].[Na+].[Na+].[Na+].[Na+].[Na+].[Na+].[Na+].[Na+].[Na+].[Na+].[Na+].[Na+].[Na+].[Na+].[Na+].[Na+].[Na+].[Na+].[Na+].[Na+].[Na+].[Na+].[Na+].[Na+].[Na+].[Na+].[Na+].[Na+].[Na+].[Na+].[Na+].[OH-].[OH-].[OH-].[OH-].[OH-].[OH-].[OH-].[OH-].[OH-].[OH-].[OH-].[OH-].[OH-].[OH-].[OH-].[OH-].[OH-].[OH-].[OH-].[OH-].[OH-].[OH-].[OH-].[OH-].[OH-].[OH-].[OH-].[OH-].[OH-].[OH-].[OH-].[OH-].[OH-].[OH-].[OH-].[OH-].[OH-].[OH-].[OH-].[OH-].[OH-].[OH-].[OH-].[OH-].[OH-].[OH-].[OH-].[OH-].[OH-].[OH-]. The molecule has 0 spiro atoms. The minimum Gasteiger partial charge on any atom is -0.870 e. The van der Waals surface area contributed by atoms with E-state index in [2.05, 4.69) is 0 Å². The minimum absolute atomic E-state index is 0. The Morgan fingerprint density at radius 3 is 0.0250 bits per heavy atom. The van der Waals surface area contributed by atoms with Gasteiger partial charge in [-0.3, -0.25) is 0 Å². The van der Waals surface area contributed by atoms with Gasteiger partial charge in [0.2, 0.25) is 0 Å². The van der Waals surface area contributed by atoms with Gasteiger partial charge in [-0.1, -0.05) is 0 Å². The van der Waals surface area contributed by atoms with E-state index in [0.717, 1.165) is 0 Å². The maximum Gasteiger partial charge on any atom is 1.00 e. The van der Waals surface area contributed by atoms with Crippen LogP contribution in [0.2, 0.25) is 0 Å². The zero-order chi connectivity index (χ0) is 0. The van der Waals surface area contributed by atoms with Crippen LogP contribution >= 0.6 is 0 Å². The van der Waals surface area contributed by atoms with Crippen molar-refractivity contribution in [2.75, 3.05) is 0 Å². The molecule has 0 saturated heterocycles. The van der Waals surface area contributed by atoms with Gasteiger partial charge in [0.1, 0.15) is 0 Å². The molecule has 120 heteroatoms. The molecule has 0 aliphatic heterocycles. The molecule has 0 aliphatic rings. The summed E-state index contributed by atoms with van der Waals surface area (Å²) < 4.78 is 0. The number of hydrogen-bond donors (Lipinski definition) is 0. The van der Waals surface area contributed by atoms with E-state index < -0.39 is 0 Å². The minimum atomic E-state index is 0. The second-order valence-electron chi connectivity index (χ2n) is 0. The Morgan fingerprint density at radius 1 is 0.0250 bits per heavy atom. The van der Waals surface area contributed by atoms with E-state index in [0.29, 0.717) is 0 Å². The van der Waals surface area contributed by atoms with Gasteiger partial charge in [0.05, 0.1) is 0 Å². The zero-order valence-electron chi connectivity index (χ0n) is 82.4.